The van der Waals surface area contributed by atoms with E-state index < -0.39 is 5.97 Å². The van der Waals surface area contributed by atoms with Crippen LogP contribution in [0.15, 0.2) is 41.8 Å². The number of carboxylic acids is 1. The van der Waals surface area contributed by atoms with Gasteiger partial charge in [0.2, 0.25) is 0 Å². The molecule has 0 spiro atoms. The lowest BCUT2D eigenvalue weighted by Crippen LogP contribution is -2.01. The van der Waals surface area contributed by atoms with Crippen LogP contribution in [0.2, 0.25) is 0 Å². The predicted molar refractivity (Wildman–Crippen MR) is 72.1 cm³/mol. The van der Waals surface area contributed by atoms with Gasteiger partial charge in [0.1, 0.15) is 5.75 Å². The quantitative estimate of drug-likeness (QED) is 0.808. The van der Waals surface area contributed by atoms with Crippen LogP contribution in [0.5, 0.6) is 5.75 Å². The second-order valence-corrected chi connectivity index (χ2v) is 4.80. The van der Waals surface area contributed by atoms with Crippen LogP contribution in [0.4, 0.5) is 0 Å². The molecular weight excluding hydrogens is 248 g/mol. The fourth-order valence-corrected chi connectivity index (χ4v) is 2.30. The zero-order valence-electron chi connectivity index (χ0n) is 9.83. The second kappa shape index (κ2) is 6.21. The van der Waals surface area contributed by atoms with Crippen molar-refractivity contribution in [1.82, 2.24) is 0 Å². The number of ether oxygens (including phenoxy) is 1. The van der Waals surface area contributed by atoms with Crippen LogP contribution in [0.25, 0.3) is 10.4 Å². The van der Waals surface area contributed by atoms with E-state index in [4.69, 9.17) is 9.84 Å². The Kier molecular flexibility index (Phi) is 4.36. The molecule has 1 aromatic heterocycles. The molecule has 0 fully saturated rings. The van der Waals surface area contributed by atoms with E-state index in [9.17, 15) is 4.79 Å². The van der Waals surface area contributed by atoms with Crippen LogP contribution in [0.3, 0.4) is 0 Å². The number of carbonyl (C=O) groups is 1. The number of hydrogen-bond acceptors (Lipinski definition) is 3. The average Bonchev–Trinajstić information content (AvgIpc) is 2.89. The fraction of sp³-hybridized carbons (Fsp3) is 0.214. The summed E-state index contributed by atoms with van der Waals surface area (Å²) >= 11 is 1.70. The van der Waals surface area contributed by atoms with Gasteiger partial charge >= 0.3 is 5.97 Å². The van der Waals surface area contributed by atoms with Crippen molar-refractivity contribution in [2.45, 2.75) is 12.8 Å². The molecule has 4 heteroatoms. The van der Waals surface area contributed by atoms with Gasteiger partial charge in [-0.2, -0.15) is 0 Å². The Bertz CT molecular complexity index is 488. The molecule has 0 atom stereocenters. The first kappa shape index (κ1) is 12.6. The van der Waals surface area contributed by atoms with Gasteiger partial charge in [0.25, 0.3) is 0 Å². The highest BCUT2D eigenvalue weighted by molar-refractivity contribution is 7.13. The molecule has 0 saturated carbocycles. The molecule has 0 aliphatic carbocycles. The number of hydrogen-bond donors (Lipinski definition) is 1. The molecule has 0 unspecified atom stereocenters. The van der Waals surface area contributed by atoms with E-state index in [1.165, 1.54) is 10.4 Å². The molecule has 0 radical (unpaired) electrons. The summed E-state index contributed by atoms with van der Waals surface area (Å²) in [5, 5.41) is 10.5. The topological polar surface area (TPSA) is 46.5 Å². The van der Waals surface area contributed by atoms with Crippen LogP contribution in [-0.4, -0.2) is 17.7 Å². The number of aliphatic carboxylic acids is 1. The molecule has 0 bridgehead atoms. The Morgan fingerprint density at radius 2 is 2.00 bits per heavy atom. The molecule has 1 aromatic carbocycles. The SMILES string of the molecule is O=C(O)CCCOc1ccc(-c2cccs2)cc1. The van der Waals surface area contributed by atoms with Crippen molar-refractivity contribution in [2.24, 2.45) is 0 Å². The van der Waals surface area contributed by atoms with Gasteiger partial charge in [0.15, 0.2) is 0 Å². The first-order chi connectivity index (χ1) is 8.75. The molecule has 1 N–H and O–H groups in total. The summed E-state index contributed by atoms with van der Waals surface area (Å²) in [6, 6.07) is 12.0. The lowest BCUT2D eigenvalue weighted by Gasteiger charge is -2.05. The van der Waals surface area contributed by atoms with E-state index in [0.29, 0.717) is 13.0 Å². The minimum Gasteiger partial charge on any atom is -0.494 e. The maximum Gasteiger partial charge on any atom is 0.303 e. The number of rotatable bonds is 6. The summed E-state index contributed by atoms with van der Waals surface area (Å²) in [5.74, 6) is -0.00709. The van der Waals surface area contributed by atoms with Crippen molar-refractivity contribution in [1.29, 1.82) is 0 Å². The van der Waals surface area contributed by atoms with E-state index in [-0.39, 0.29) is 6.42 Å². The minimum absolute atomic E-state index is 0.146. The summed E-state index contributed by atoms with van der Waals surface area (Å²) < 4.78 is 5.47. The molecule has 0 amide bonds. The highest BCUT2D eigenvalue weighted by Gasteiger charge is 2.00. The molecule has 18 heavy (non-hydrogen) atoms. The Labute approximate surface area is 110 Å². The molecule has 2 rings (SSSR count). The van der Waals surface area contributed by atoms with Gasteiger partial charge in [0, 0.05) is 11.3 Å². The van der Waals surface area contributed by atoms with Crippen LogP contribution in [0, 0.1) is 0 Å². The maximum atomic E-state index is 10.3. The van der Waals surface area contributed by atoms with Crippen molar-refractivity contribution in [3.8, 4) is 16.2 Å². The molecule has 1 heterocycles. The maximum absolute atomic E-state index is 10.3. The molecular formula is C14H14O3S. The third-order valence-corrected chi connectivity index (χ3v) is 3.38. The summed E-state index contributed by atoms with van der Waals surface area (Å²) in [5.41, 5.74) is 1.17. The van der Waals surface area contributed by atoms with Crippen LogP contribution in [0.1, 0.15) is 12.8 Å². The van der Waals surface area contributed by atoms with Crippen molar-refractivity contribution in [2.75, 3.05) is 6.61 Å². The van der Waals surface area contributed by atoms with Gasteiger partial charge in [-0.25, -0.2) is 0 Å². The molecule has 0 saturated heterocycles. The summed E-state index contributed by atoms with van der Waals surface area (Å²) in [7, 11) is 0. The Hall–Kier alpha value is -1.81. The first-order valence-electron chi connectivity index (χ1n) is 5.74. The summed E-state index contributed by atoms with van der Waals surface area (Å²) in [6.07, 6.45) is 0.676. The van der Waals surface area contributed by atoms with Crippen molar-refractivity contribution in [3.05, 3.63) is 41.8 Å². The predicted octanol–water partition coefficient (Wildman–Crippen LogP) is 3.66. The standard InChI is InChI=1S/C14H14O3S/c15-14(16)4-1-9-17-12-7-5-11(6-8-12)13-3-2-10-18-13/h2-3,5-8,10H,1,4,9H2,(H,15,16). The van der Waals surface area contributed by atoms with Crippen molar-refractivity contribution < 1.29 is 14.6 Å². The number of carboxylic acid groups (broad SMARTS) is 1. The lowest BCUT2D eigenvalue weighted by molar-refractivity contribution is -0.137. The highest BCUT2D eigenvalue weighted by Crippen LogP contribution is 2.26. The lowest BCUT2D eigenvalue weighted by atomic mass is 10.2. The third kappa shape index (κ3) is 3.60. The van der Waals surface area contributed by atoms with Crippen LogP contribution < -0.4 is 4.74 Å². The fourth-order valence-electron chi connectivity index (χ4n) is 1.57. The normalized spacial score (nSPS) is 10.2. The molecule has 0 aliphatic heterocycles. The van der Waals surface area contributed by atoms with Gasteiger partial charge in [0.05, 0.1) is 6.61 Å². The van der Waals surface area contributed by atoms with E-state index in [0.717, 1.165) is 5.75 Å². The largest absolute Gasteiger partial charge is 0.494 e. The third-order valence-electron chi connectivity index (χ3n) is 2.46. The highest BCUT2D eigenvalue weighted by atomic mass is 32.1. The van der Waals surface area contributed by atoms with E-state index in [2.05, 4.69) is 6.07 Å². The second-order valence-electron chi connectivity index (χ2n) is 3.85. The Morgan fingerprint density at radius 1 is 1.22 bits per heavy atom. The van der Waals surface area contributed by atoms with Gasteiger partial charge in [-0.1, -0.05) is 6.07 Å². The Balaban J connectivity index is 1.86. The summed E-state index contributed by atoms with van der Waals surface area (Å²) in [4.78, 5) is 11.6. The average molecular weight is 262 g/mol. The van der Waals surface area contributed by atoms with Crippen LogP contribution >= 0.6 is 11.3 Å². The molecule has 2 aromatic rings. The van der Waals surface area contributed by atoms with Gasteiger partial charge in [-0.3, -0.25) is 4.79 Å². The zero-order valence-corrected chi connectivity index (χ0v) is 10.7. The van der Waals surface area contributed by atoms with Crippen LogP contribution in [-0.2, 0) is 4.79 Å². The molecule has 3 nitrogen and oxygen atoms in total. The molecule has 94 valence electrons. The Morgan fingerprint density at radius 3 is 2.61 bits per heavy atom. The van der Waals surface area contributed by atoms with Gasteiger partial charge < -0.3 is 9.84 Å². The minimum atomic E-state index is -0.786. The van der Waals surface area contributed by atoms with Crippen molar-refractivity contribution in [3.63, 3.8) is 0 Å². The van der Waals surface area contributed by atoms with E-state index >= 15 is 0 Å². The number of thiophene rings is 1. The van der Waals surface area contributed by atoms with Gasteiger partial charge in [-0.05, 0) is 47.7 Å². The number of benzene rings is 1. The molecule has 0 aliphatic rings. The van der Waals surface area contributed by atoms with Crippen molar-refractivity contribution >= 4 is 17.3 Å². The zero-order chi connectivity index (χ0) is 12.8. The van der Waals surface area contributed by atoms with E-state index in [1.54, 1.807) is 11.3 Å². The summed E-state index contributed by atoms with van der Waals surface area (Å²) in [6.45, 7) is 0.435. The monoisotopic (exact) mass is 262 g/mol. The first-order valence-corrected chi connectivity index (χ1v) is 6.62. The van der Waals surface area contributed by atoms with Gasteiger partial charge in [-0.15, -0.1) is 11.3 Å². The smallest absolute Gasteiger partial charge is 0.303 e. The van der Waals surface area contributed by atoms with E-state index in [1.807, 2.05) is 35.7 Å².